The van der Waals surface area contributed by atoms with Crippen molar-refractivity contribution >= 4 is 6.21 Å². The van der Waals surface area contributed by atoms with Crippen molar-refractivity contribution in [3.05, 3.63) is 35.4 Å². The van der Waals surface area contributed by atoms with E-state index in [0.29, 0.717) is 5.92 Å². The molecule has 1 fully saturated rings. The second kappa shape index (κ2) is 5.42. The van der Waals surface area contributed by atoms with Crippen LogP contribution in [0.2, 0.25) is 0 Å². The van der Waals surface area contributed by atoms with Gasteiger partial charge in [-0.3, -0.25) is 0 Å². The number of rotatable bonds is 4. The summed E-state index contributed by atoms with van der Waals surface area (Å²) in [6.07, 6.45) is 0.697. The van der Waals surface area contributed by atoms with E-state index in [1.54, 1.807) is 12.3 Å². The summed E-state index contributed by atoms with van der Waals surface area (Å²) in [5, 5.41) is 3.72. The summed E-state index contributed by atoms with van der Waals surface area (Å²) in [6, 6.07) is 5.38. The Kier molecular flexibility index (Phi) is 3.89. The van der Waals surface area contributed by atoms with Crippen molar-refractivity contribution in [3.63, 3.8) is 0 Å². The van der Waals surface area contributed by atoms with E-state index in [1.165, 1.54) is 18.6 Å². The number of oxime groups is 1. The standard InChI is InChI=1S/C13H14F3NO/c14-13(15,16)12-7-2-1-6-11(12)9-18-17-8-10-4-3-5-10/h1-2,6-8,10H,3-5,9H2. The van der Waals surface area contributed by atoms with Crippen LogP contribution in [0.4, 0.5) is 13.2 Å². The van der Waals surface area contributed by atoms with Gasteiger partial charge in [0.15, 0.2) is 0 Å². The second-order valence-electron chi connectivity index (χ2n) is 4.37. The molecule has 0 aliphatic heterocycles. The van der Waals surface area contributed by atoms with Crippen LogP contribution in [0, 0.1) is 5.92 Å². The third-order valence-electron chi connectivity index (χ3n) is 3.04. The molecular weight excluding hydrogens is 243 g/mol. The average Bonchev–Trinajstić information content (AvgIpc) is 2.25. The highest BCUT2D eigenvalue weighted by Crippen LogP contribution is 2.32. The van der Waals surface area contributed by atoms with Crippen LogP contribution >= 0.6 is 0 Å². The summed E-state index contributed by atoms with van der Waals surface area (Å²) in [7, 11) is 0. The molecule has 1 saturated carbocycles. The predicted octanol–water partition coefficient (Wildman–Crippen LogP) is 4.01. The molecule has 18 heavy (non-hydrogen) atoms. The largest absolute Gasteiger partial charge is 0.416 e. The number of alkyl halides is 3. The fourth-order valence-electron chi connectivity index (χ4n) is 1.75. The van der Waals surface area contributed by atoms with E-state index in [4.69, 9.17) is 4.84 Å². The van der Waals surface area contributed by atoms with Crippen molar-refractivity contribution in [2.45, 2.75) is 32.0 Å². The van der Waals surface area contributed by atoms with E-state index in [0.717, 1.165) is 18.9 Å². The number of nitrogens with zero attached hydrogens (tertiary/aromatic N) is 1. The first-order chi connectivity index (χ1) is 8.57. The molecule has 0 unspecified atom stereocenters. The van der Waals surface area contributed by atoms with Crippen LogP contribution < -0.4 is 0 Å². The van der Waals surface area contributed by atoms with E-state index < -0.39 is 11.7 Å². The molecule has 0 amide bonds. The van der Waals surface area contributed by atoms with Crippen LogP contribution in [0.1, 0.15) is 30.4 Å². The van der Waals surface area contributed by atoms with Crippen molar-refractivity contribution in [2.24, 2.45) is 11.1 Å². The van der Waals surface area contributed by atoms with Crippen LogP contribution in [0.25, 0.3) is 0 Å². The van der Waals surface area contributed by atoms with Crippen LogP contribution in [0.5, 0.6) is 0 Å². The molecule has 1 aliphatic carbocycles. The number of hydrogen-bond donors (Lipinski definition) is 0. The summed E-state index contributed by atoms with van der Waals surface area (Å²) in [5.74, 6) is 0.433. The molecule has 1 aliphatic rings. The Morgan fingerprint density at radius 3 is 2.61 bits per heavy atom. The fourth-order valence-corrected chi connectivity index (χ4v) is 1.75. The molecule has 98 valence electrons. The highest BCUT2D eigenvalue weighted by atomic mass is 19.4. The van der Waals surface area contributed by atoms with E-state index in [1.807, 2.05) is 0 Å². The lowest BCUT2D eigenvalue weighted by Gasteiger charge is -2.19. The smallest absolute Gasteiger partial charge is 0.391 e. The molecule has 0 heterocycles. The highest BCUT2D eigenvalue weighted by molar-refractivity contribution is 5.60. The van der Waals surface area contributed by atoms with Crippen molar-refractivity contribution in [1.82, 2.24) is 0 Å². The molecular formula is C13H14F3NO. The maximum absolute atomic E-state index is 12.7. The molecule has 2 nitrogen and oxygen atoms in total. The summed E-state index contributed by atoms with van der Waals surface area (Å²) in [5.41, 5.74) is -0.556. The molecule has 0 saturated heterocycles. The molecule has 0 aromatic heterocycles. The monoisotopic (exact) mass is 257 g/mol. The Bertz CT molecular complexity index is 424. The maximum Gasteiger partial charge on any atom is 0.416 e. The Balaban J connectivity index is 1.94. The highest BCUT2D eigenvalue weighted by Gasteiger charge is 2.32. The van der Waals surface area contributed by atoms with Gasteiger partial charge in [0, 0.05) is 11.8 Å². The second-order valence-corrected chi connectivity index (χ2v) is 4.37. The van der Waals surface area contributed by atoms with E-state index >= 15 is 0 Å². The molecule has 0 spiro atoms. The average molecular weight is 257 g/mol. The molecule has 2 rings (SSSR count). The Morgan fingerprint density at radius 2 is 2.00 bits per heavy atom. The zero-order valence-corrected chi connectivity index (χ0v) is 9.78. The van der Waals surface area contributed by atoms with Crippen molar-refractivity contribution < 1.29 is 18.0 Å². The molecule has 0 bridgehead atoms. The molecule has 0 N–H and O–H groups in total. The third-order valence-corrected chi connectivity index (χ3v) is 3.04. The van der Waals surface area contributed by atoms with Gasteiger partial charge in [0.25, 0.3) is 0 Å². The fraction of sp³-hybridized carbons (Fsp3) is 0.462. The molecule has 0 atom stereocenters. The maximum atomic E-state index is 12.7. The van der Waals surface area contributed by atoms with Gasteiger partial charge in [-0.25, -0.2) is 0 Å². The molecule has 5 heteroatoms. The summed E-state index contributed by atoms with van der Waals surface area (Å²) in [6.45, 7) is -0.154. The van der Waals surface area contributed by atoms with Gasteiger partial charge < -0.3 is 4.84 Å². The first-order valence-electron chi connectivity index (χ1n) is 5.88. The van der Waals surface area contributed by atoms with Gasteiger partial charge in [-0.15, -0.1) is 0 Å². The van der Waals surface area contributed by atoms with Crippen molar-refractivity contribution in [3.8, 4) is 0 Å². The minimum atomic E-state index is -4.35. The van der Waals surface area contributed by atoms with Gasteiger partial charge in [-0.05, 0) is 24.8 Å². The first-order valence-corrected chi connectivity index (χ1v) is 5.88. The van der Waals surface area contributed by atoms with E-state index in [2.05, 4.69) is 5.16 Å². The van der Waals surface area contributed by atoms with Crippen LogP contribution in [-0.4, -0.2) is 6.21 Å². The van der Waals surface area contributed by atoms with Crippen LogP contribution in [0.15, 0.2) is 29.4 Å². The van der Waals surface area contributed by atoms with Gasteiger partial charge in [0.2, 0.25) is 0 Å². The molecule has 1 aromatic carbocycles. The van der Waals surface area contributed by atoms with E-state index in [-0.39, 0.29) is 12.2 Å². The summed E-state index contributed by atoms with van der Waals surface area (Å²) >= 11 is 0. The molecule has 0 radical (unpaired) electrons. The zero-order chi connectivity index (χ0) is 13.0. The number of halogens is 3. The normalized spacial score (nSPS) is 16.8. The van der Waals surface area contributed by atoms with Crippen molar-refractivity contribution in [1.29, 1.82) is 0 Å². The van der Waals surface area contributed by atoms with Gasteiger partial charge in [0.1, 0.15) is 6.61 Å². The minimum absolute atomic E-state index is 0.107. The summed E-state index contributed by atoms with van der Waals surface area (Å²) in [4.78, 5) is 4.93. The van der Waals surface area contributed by atoms with Gasteiger partial charge in [-0.2, -0.15) is 13.2 Å². The zero-order valence-electron chi connectivity index (χ0n) is 9.78. The lowest BCUT2D eigenvalue weighted by Crippen LogP contribution is -2.12. The first kappa shape index (κ1) is 12.9. The van der Waals surface area contributed by atoms with Crippen molar-refractivity contribution in [2.75, 3.05) is 0 Å². The van der Waals surface area contributed by atoms with Gasteiger partial charge in [-0.1, -0.05) is 29.8 Å². The number of benzene rings is 1. The van der Waals surface area contributed by atoms with Gasteiger partial charge in [0.05, 0.1) is 5.56 Å². The number of hydrogen-bond acceptors (Lipinski definition) is 2. The Hall–Kier alpha value is -1.52. The lowest BCUT2D eigenvalue weighted by atomic mass is 9.87. The SMILES string of the molecule is FC(F)(F)c1ccccc1CON=CC1CCC1. The quantitative estimate of drug-likeness (QED) is 0.590. The third kappa shape index (κ3) is 3.24. The van der Waals surface area contributed by atoms with E-state index in [9.17, 15) is 13.2 Å². The Morgan fingerprint density at radius 1 is 1.28 bits per heavy atom. The van der Waals surface area contributed by atoms with Crippen LogP contribution in [-0.2, 0) is 17.6 Å². The topological polar surface area (TPSA) is 21.6 Å². The Labute approximate surface area is 103 Å². The lowest BCUT2D eigenvalue weighted by molar-refractivity contribution is -0.138. The van der Waals surface area contributed by atoms with Crippen LogP contribution in [0.3, 0.4) is 0 Å². The summed E-state index contributed by atoms with van der Waals surface area (Å²) < 4.78 is 38.0. The predicted molar refractivity (Wildman–Crippen MR) is 62.1 cm³/mol. The van der Waals surface area contributed by atoms with Gasteiger partial charge >= 0.3 is 6.18 Å². The minimum Gasteiger partial charge on any atom is -0.391 e. The molecule has 1 aromatic rings.